The van der Waals surface area contributed by atoms with Crippen molar-refractivity contribution < 1.29 is 14.3 Å². The van der Waals surface area contributed by atoms with E-state index in [1.165, 1.54) is 0 Å². The smallest absolute Gasteiger partial charge is 0.333 e. The molecule has 1 unspecified atom stereocenters. The molecule has 4 heteroatoms. The van der Waals surface area contributed by atoms with Gasteiger partial charge in [-0.05, 0) is 20.0 Å². The molecular formula is C9H15O3P. The first-order chi connectivity index (χ1) is 6.07. The van der Waals surface area contributed by atoms with Gasteiger partial charge in [0.1, 0.15) is 0 Å². The molecule has 0 saturated heterocycles. The zero-order valence-corrected chi connectivity index (χ0v) is 9.05. The lowest BCUT2D eigenvalue weighted by Crippen LogP contribution is -2.06. The van der Waals surface area contributed by atoms with E-state index in [9.17, 15) is 9.59 Å². The van der Waals surface area contributed by atoms with Crippen molar-refractivity contribution in [2.75, 3.05) is 13.3 Å². The molecule has 74 valence electrons. The van der Waals surface area contributed by atoms with E-state index >= 15 is 0 Å². The summed E-state index contributed by atoms with van der Waals surface area (Å²) in [6.07, 6.45) is 1.11. The van der Waals surface area contributed by atoms with Crippen molar-refractivity contribution in [1.82, 2.24) is 0 Å². The second kappa shape index (κ2) is 6.79. The normalized spacial score (nSPS) is 10.3. The van der Waals surface area contributed by atoms with Gasteiger partial charge in [-0.1, -0.05) is 15.2 Å². The zero-order valence-electron chi connectivity index (χ0n) is 8.05. The second-order valence-electron chi connectivity index (χ2n) is 2.69. The molecule has 0 amide bonds. The number of ether oxygens (including phenoxy) is 1. The second-order valence-corrected chi connectivity index (χ2v) is 3.75. The van der Waals surface area contributed by atoms with Gasteiger partial charge < -0.3 is 4.74 Å². The minimum atomic E-state index is -0.383. The predicted molar refractivity (Wildman–Crippen MR) is 54.3 cm³/mol. The van der Waals surface area contributed by atoms with Crippen LogP contribution < -0.4 is 0 Å². The summed E-state index contributed by atoms with van der Waals surface area (Å²) in [5.41, 5.74) is 0.620. The Morgan fingerprint density at radius 1 is 1.46 bits per heavy atom. The summed E-state index contributed by atoms with van der Waals surface area (Å²) < 4.78 is 4.81. The van der Waals surface area contributed by atoms with Crippen molar-refractivity contribution in [3.05, 3.63) is 12.2 Å². The van der Waals surface area contributed by atoms with E-state index in [0.29, 0.717) is 33.6 Å². The van der Waals surface area contributed by atoms with Crippen molar-refractivity contribution in [3.8, 4) is 0 Å². The molecule has 0 aliphatic carbocycles. The van der Waals surface area contributed by atoms with Gasteiger partial charge in [-0.15, -0.1) is 0 Å². The summed E-state index contributed by atoms with van der Waals surface area (Å²) in [6.45, 7) is 7.20. The molecule has 1 atom stereocenters. The summed E-state index contributed by atoms with van der Waals surface area (Å²) in [5.74, 6) is -0.383. The van der Waals surface area contributed by atoms with Gasteiger partial charge in [-0.2, -0.15) is 0 Å². The molecule has 0 aromatic rings. The number of carbonyl (C=O) groups excluding carboxylic acids is 2. The quantitative estimate of drug-likeness (QED) is 0.285. The van der Waals surface area contributed by atoms with Crippen LogP contribution in [0.5, 0.6) is 0 Å². The van der Waals surface area contributed by atoms with Crippen molar-refractivity contribution in [1.29, 1.82) is 0 Å². The minimum Gasteiger partial charge on any atom is -0.462 e. The van der Waals surface area contributed by atoms with Crippen LogP contribution in [-0.4, -0.2) is 24.8 Å². The van der Waals surface area contributed by atoms with Gasteiger partial charge in [0.2, 0.25) is 0 Å². The first kappa shape index (κ1) is 12.3. The van der Waals surface area contributed by atoms with Crippen LogP contribution in [0, 0.1) is 0 Å². The predicted octanol–water partition coefficient (Wildman–Crippen LogP) is 1.72. The van der Waals surface area contributed by atoms with E-state index < -0.39 is 0 Å². The molecule has 0 heterocycles. The van der Waals surface area contributed by atoms with Gasteiger partial charge >= 0.3 is 5.97 Å². The molecule has 0 rings (SSSR count). The molecule has 0 bridgehead atoms. The molecule has 0 spiro atoms. The molecular weight excluding hydrogens is 187 g/mol. The van der Waals surface area contributed by atoms with E-state index in [1.54, 1.807) is 6.92 Å². The Bertz CT molecular complexity index is 211. The summed E-state index contributed by atoms with van der Waals surface area (Å²) in [6, 6.07) is 0. The van der Waals surface area contributed by atoms with Gasteiger partial charge in [-0.25, -0.2) is 4.79 Å². The summed E-state index contributed by atoms with van der Waals surface area (Å²) in [5, 5.41) is 0. The lowest BCUT2D eigenvalue weighted by Gasteiger charge is -2.02. The number of hydrogen-bond acceptors (Lipinski definition) is 3. The fourth-order valence-electron chi connectivity index (χ4n) is 0.646. The monoisotopic (exact) mass is 202 g/mol. The highest BCUT2D eigenvalue weighted by atomic mass is 31.1. The van der Waals surface area contributed by atoms with Crippen molar-refractivity contribution >= 4 is 20.1 Å². The maximum atomic E-state index is 10.9. The Hall–Kier alpha value is -0.690. The zero-order chi connectivity index (χ0) is 10.3. The first-order valence-electron chi connectivity index (χ1n) is 4.11. The summed E-state index contributed by atoms with van der Waals surface area (Å²) in [4.78, 5) is 21.7. The number of rotatable bonds is 6. The molecule has 0 aromatic carbocycles. The van der Waals surface area contributed by atoms with Crippen molar-refractivity contribution in [3.63, 3.8) is 0 Å². The molecule has 0 aromatic heterocycles. The lowest BCUT2D eigenvalue weighted by atomic mass is 10.3. The highest BCUT2D eigenvalue weighted by Crippen LogP contribution is 2.09. The van der Waals surface area contributed by atoms with E-state index in [0.717, 1.165) is 0 Å². The van der Waals surface area contributed by atoms with E-state index in [1.807, 2.05) is 6.66 Å². The Morgan fingerprint density at radius 2 is 2.08 bits per heavy atom. The fourth-order valence-corrected chi connectivity index (χ4v) is 1.07. The van der Waals surface area contributed by atoms with Gasteiger partial charge in [0, 0.05) is 12.0 Å². The Kier molecular flexibility index (Phi) is 6.43. The maximum Gasteiger partial charge on any atom is 0.333 e. The van der Waals surface area contributed by atoms with Crippen LogP contribution in [0.4, 0.5) is 0 Å². The number of esters is 1. The highest BCUT2D eigenvalue weighted by molar-refractivity contribution is 7.57. The lowest BCUT2D eigenvalue weighted by molar-refractivity contribution is -0.139. The third kappa shape index (κ3) is 6.47. The number of hydrogen-bond donors (Lipinski definition) is 0. The molecule has 0 aliphatic heterocycles. The van der Waals surface area contributed by atoms with Crippen molar-refractivity contribution in [2.24, 2.45) is 0 Å². The van der Waals surface area contributed by atoms with Gasteiger partial charge in [-0.3, -0.25) is 4.79 Å². The Morgan fingerprint density at radius 3 is 2.54 bits per heavy atom. The highest BCUT2D eigenvalue weighted by Gasteiger charge is 2.03. The molecule has 0 aliphatic rings. The van der Waals surface area contributed by atoms with Crippen LogP contribution in [0.1, 0.15) is 19.8 Å². The third-order valence-electron chi connectivity index (χ3n) is 1.41. The van der Waals surface area contributed by atoms with Crippen molar-refractivity contribution in [2.45, 2.75) is 19.8 Å². The summed E-state index contributed by atoms with van der Waals surface area (Å²) in [7, 11) is 0.336. The third-order valence-corrected chi connectivity index (χ3v) is 2.22. The largest absolute Gasteiger partial charge is 0.462 e. The standard InChI is InChI=1S/C9H15O3P/c1-7(2)9(11)12-6-4-5-8(10)13-3/h13H,1,4-6H2,2-3H3. The molecule has 0 fully saturated rings. The average molecular weight is 202 g/mol. The van der Waals surface area contributed by atoms with Crippen LogP contribution in [-0.2, 0) is 14.3 Å². The minimum absolute atomic E-state index is 0.228. The van der Waals surface area contributed by atoms with Crippen LogP contribution in [0.3, 0.4) is 0 Å². The average Bonchev–Trinajstić information content (AvgIpc) is 2.11. The van der Waals surface area contributed by atoms with Crippen LogP contribution in [0.15, 0.2) is 12.2 Å². The fraction of sp³-hybridized carbons (Fsp3) is 0.556. The molecule has 0 saturated carbocycles. The summed E-state index contributed by atoms with van der Waals surface area (Å²) >= 11 is 0. The van der Waals surface area contributed by atoms with Gasteiger partial charge in [0.15, 0.2) is 5.52 Å². The molecule has 3 nitrogen and oxygen atoms in total. The number of carbonyl (C=O) groups is 2. The maximum absolute atomic E-state index is 10.9. The molecule has 13 heavy (non-hydrogen) atoms. The van der Waals surface area contributed by atoms with Crippen LogP contribution in [0.25, 0.3) is 0 Å². The van der Waals surface area contributed by atoms with E-state index in [4.69, 9.17) is 4.74 Å². The first-order valence-corrected chi connectivity index (χ1v) is 5.61. The van der Waals surface area contributed by atoms with Crippen LogP contribution >= 0.6 is 8.58 Å². The topological polar surface area (TPSA) is 43.4 Å². The van der Waals surface area contributed by atoms with Crippen LogP contribution in [0.2, 0.25) is 0 Å². The molecule has 0 radical (unpaired) electrons. The SMILES string of the molecule is C=C(C)C(=O)OCCCC(=O)PC. The molecule has 0 N–H and O–H groups in total. The Labute approximate surface area is 80.3 Å². The Balaban J connectivity index is 3.41. The van der Waals surface area contributed by atoms with E-state index in [2.05, 4.69) is 6.58 Å². The van der Waals surface area contributed by atoms with Gasteiger partial charge in [0.05, 0.1) is 6.61 Å². The van der Waals surface area contributed by atoms with E-state index in [-0.39, 0.29) is 11.5 Å². The van der Waals surface area contributed by atoms with Gasteiger partial charge in [0.25, 0.3) is 0 Å².